The van der Waals surface area contributed by atoms with E-state index >= 15 is 0 Å². The Balaban J connectivity index is 2.10. The molecule has 0 atom stereocenters. The van der Waals surface area contributed by atoms with Crippen LogP contribution in [0.5, 0.6) is 0 Å². The summed E-state index contributed by atoms with van der Waals surface area (Å²) in [7, 11) is 0. The van der Waals surface area contributed by atoms with Crippen LogP contribution in [0.2, 0.25) is 0 Å². The number of likely N-dealkylation sites (tertiary alicyclic amines) is 1. The summed E-state index contributed by atoms with van der Waals surface area (Å²) < 4.78 is 0. The van der Waals surface area contributed by atoms with Crippen LogP contribution in [0.3, 0.4) is 0 Å². The second-order valence-corrected chi connectivity index (χ2v) is 4.06. The summed E-state index contributed by atoms with van der Waals surface area (Å²) >= 11 is 0. The van der Waals surface area contributed by atoms with Crippen molar-refractivity contribution < 1.29 is 5.11 Å². The molecule has 0 amide bonds. The van der Waals surface area contributed by atoms with E-state index in [4.69, 9.17) is 0 Å². The van der Waals surface area contributed by atoms with E-state index < -0.39 is 5.60 Å². The van der Waals surface area contributed by atoms with Crippen LogP contribution in [0.1, 0.15) is 25.5 Å². The molecular formula is C11H17N3O. The average Bonchev–Trinajstić information content (AvgIpc) is 2.31. The number of rotatable bonds is 2. The third-order valence-corrected chi connectivity index (χ3v) is 3.17. The highest BCUT2D eigenvalue weighted by Gasteiger charge is 2.34. The van der Waals surface area contributed by atoms with E-state index in [-0.39, 0.29) is 0 Å². The summed E-state index contributed by atoms with van der Waals surface area (Å²) in [6.07, 6.45) is 6.44. The molecule has 82 valence electrons. The maximum atomic E-state index is 10.4. The predicted molar refractivity (Wildman–Crippen MR) is 57.3 cm³/mol. The van der Waals surface area contributed by atoms with E-state index in [0.717, 1.165) is 32.5 Å². The number of nitrogens with zero attached hydrogens (tertiary/aromatic N) is 3. The molecule has 4 heteroatoms. The molecule has 0 aromatic carbocycles. The van der Waals surface area contributed by atoms with Gasteiger partial charge in [0.25, 0.3) is 0 Å². The van der Waals surface area contributed by atoms with Gasteiger partial charge in [0.15, 0.2) is 0 Å². The van der Waals surface area contributed by atoms with Gasteiger partial charge in [0, 0.05) is 25.5 Å². The first-order valence-electron chi connectivity index (χ1n) is 5.46. The topological polar surface area (TPSA) is 49.2 Å². The van der Waals surface area contributed by atoms with E-state index in [1.807, 2.05) is 0 Å². The van der Waals surface area contributed by atoms with Crippen molar-refractivity contribution in [2.24, 2.45) is 0 Å². The van der Waals surface area contributed by atoms with Crippen molar-refractivity contribution in [3.8, 4) is 0 Å². The first kappa shape index (κ1) is 10.5. The van der Waals surface area contributed by atoms with Gasteiger partial charge in [-0.05, 0) is 19.4 Å². The zero-order valence-corrected chi connectivity index (χ0v) is 9.06. The lowest BCUT2D eigenvalue weighted by Gasteiger charge is -2.37. The third-order valence-electron chi connectivity index (χ3n) is 3.17. The van der Waals surface area contributed by atoms with Gasteiger partial charge in [0.1, 0.15) is 5.60 Å². The number of aromatic nitrogens is 2. The molecule has 0 radical (unpaired) electrons. The predicted octanol–water partition coefficient (Wildman–Crippen LogP) is 0.780. The van der Waals surface area contributed by atoms with Crippen LogP contribution >= 0.6 is 0 Å². The van der Waals surface area contributed by atoms with Gasteiger partial charge < -0.3 is 10.0 Å². The molecule has 1 fully saturated rings. The van der Waals surface area contributed by atoms with Crippen molar-refractivity contribution in [3.63, 3.8) is 0 Å². The smallest absolute Gasteiger partial charge is 0.110 e. The SMILES string of the molecule is CCN1CCC(O)(c2cnccn2)CC1. The molecule has 1 aliphatic heterocycles. The van der Waals surface area contributed by atoms with Crippen molar-refractivity contribution in [1.82, 2.24) is 14.9 Å². The van der Waals surface area contributed by atoms with Gasteiger partial charge in [-0.25, -0.2) is 0 Å². The number of hydrogen-bond donors (Lipinski definition) is 1. The number of piperidine rings is 1. The van der Waals surface area contributed by atoms with Crippen LogP contribution in [0, 0.1) is 0 Å². The summed E-state index contributed by atoms with van der Waals surface area (Å²) in [4.78, 5) is 10.5. The summed E-state index contributed by atoms with van der Waals surface area (Å²) in [5.74, 6) is 0. The van der Waals surface area contributed by atoms with Crippen molar-refractivity contribution in [1.29, 1.82) is 0 Å². The van der Waals surface area contributed by atoms with Crippen LogP contribution < -0.4 is 0 Å². The van der Waals surface area contributed by atoms with Crippen LogP contribution in [0.4, 0.5) is 0 Å². The van der Waals surface area contributed by atoms with E-state index in [1.54, 1.807) is 18.6 Å². The van der Waals surface area contributed by atoms with E-state index in [9.17, 15) is 5.11 Å². The van der Waals surface area contributed by atoms with Crippen LogP contribution in [0.15, 0.2) is 18.6 Å². The second kappa shape index (κ2) is 4.24. The molecule has 1 aromatic rings. The Hall–Kier alpha value is -1.00. The molecule has 1 aliphatic rings. The Morgan fingerprint density at radius 1 is 1.40 bits per heavy atom. The molecule has 1 aromatic heterocycles. The number of hydrogen-bond acceptors (Lipinski definition) is 4. The Kier molecular flexibility index (Phi) is 2.98. The minimum atomic E-state index is -0.764. The zero-order valence-electron chi connectivity index (χ0n) is 9.06. The van der Waals surface area contributed by atoms with Gasteiger partial charge in [-0.1, -0.05) is 6.92 Å². The van der Waals surface area contributed by atoms with E-state index in [1.165, 1.54) is 0 Å². The molecule has 1 saturated heterocycles. The second-order valence-electron chi connectivity index (χ2n) is 4.06. The lowest BCUT2D eigenvalue weighted by atomic mass is 9.88. The summed E-state index contributed by atoms with van der Waals surface area (Å²) in [5, 5.41) is 10.4. The monoisotopic (exact) mass is 207 g/mol. The standard InChI is InChI=1S/C11H17N3O/c1-2-14-7-3-11(15,4-8-14)10-9-12-5-6-13-10/h5-6,9,15H,2-4,7-8H2,1H3. The van der Waals surface area contributed by atoms with Crippen LogP contribution in [-0.2, 0) is 5.60 Å². The normalized spacial score (nSPS) is 21.5. The number of aliphatic hydroxyl groups is 1. The summed E-state index contributed by atoms with van der Waals surface area (Å²) in [6.45, 7) is 5.07. The highest BCUT2D eigenvalue weighted by atomic mass is 16.3. The lowest BCUT2D eigenvalue weighted by Crippen LogP contribution is -2.42. The fourth-order valence-electron chi connectivity index (χ4n) is 2.03. The van der Waals surface area contributed by atoms with Gasteiger partial charge in [-0.2, -0.15) is 0 Å². The highest BCUT2D eigenvalue weighted by Crippen LogP contribution is 2.30. The molecule has 2 rings (SSSR count). The van der Waals surface area contributed by atoms with Crippen LogP contribution in [0.25, 0.3) is 0 Å². The fourth-order valence-corrected chi connectivity index (χ4v) is 2.03. The maximum Gasteiger partial charge on any atom is 0.110 e. The molecule has 0 unspecified atom stereocenters. The average molecular weight is 207 g/mol. The largest absolute Gasteiger partial charge is 0.383 e. The Morgan fingerprint density at radius 3 is 2.67 bits per heavy atom. The van der Waals surface area contributed by atoms with Gasteiger partial charge in [0.2, 0.25) is 0 Å². The van der Waals surface area contributed by atoms with E-state index in [2.05, 4.69) is 21.8 Å². The van der Waals surface area contributed by atoms with Crippen molar-refractivity contribution in [2.75, 3.05) is 19.6 Å². The third kappa shape index (κ3) is 2.16. The van der Waals surface area contributed by atoms with Gasteiger partial charge in [-0.15, -0.1) is 0 Å². The molecule has 2 heterocycles. The van der Waals surface area contributed by atoms with Gasteiger partial charge >= 0.3 is 0 Å². The summed E-state index contributed by atoms with van der Waals surface area (Å²) in [5.41, 5.74) is -0.0549. The van der Waals surface area contributed by atoms with Crippen molar-refractivity contribution in [2.45, 2.75) is 25.4 Å². The molecule has 1 N–H and O–H groups in total. The Labute approximate surface area is 90.0 Å². The molecule has 15 heavy (non-hydrogen) atoms. The summed E-state index contributed by atoms with van der Waals surface area (Å²) in [6, 6.07) is 0. The molecule has 0 aliphatic carbocycles. The molecule has 0 spiro atoms. The van der Waals surface area contributed by atoms with Crippen molar-refractivity contribution in [3.05, 3.63) is 24.3 Å². The molecule has 4 nitrogen and oxygen atoms in total. The fraction of sp³-hybridized carbons (Fsp3) is 0.636. The molecule has 0 bridgehead atoms. The quantitative estimate of drug-likeness (QED) is 0.778. The van der Waals surface area contributed by atoms with E-state index in [0.29, 0.717) is 5.69 Å². The highest BCUT2D eigenvalue weighted by molar-refractivity contribution is 5.09. The minimum Gasteiger partial charge on any atom is -0.383 e. The van der Waals surface area contributed by atoms with Gasteiger partial charge in [0.05, 0.1) is 11.9 Å². The molecular weight excluding hydrogens is 190 g/mol. The first-order chi connectivity index (χ1) is 7.24. The minimum absolute atomic E-state index is 0.709. The first-order valence-corrected chi connectivity index (χ1v) is 5.46. The van der Waals surface area contributed by atoms with Gasteiger partial charge in [-0.3, -0.25) is 9.97 Å². The Bertz CT molecular complexity index is 307. The van der Waals surface area contributed by atoms with Crippen molar-refractivity contribution >= 4 is 0 Å². The lowest BCUT2D eigenvalue weighted by molar-refractivity contribution is -0.0284. The van der Waals surface area contributed by atoms with Crippen LogP contribution in [-0.4, -0.2) is 39.6 Å². The zero-order chi connectivity index (χ0) is 10.7. The maximum absolute atomic E-state index is 10.4. The Morgan fingerprint density at radius 2 is 2.13 bits per heavy atom. The molecule has 0 saturated carbocycles.